The lowest BCUT2D eigenvalue weighted by Gasteiger charge is -2.24. The third kappa shape index (κ3) is 3.29. The summed E-state index contributed by atoms with van der Waals surface area (Å²) in [5.74, 6) is 1.51. The monoisotopic (exact) mass is 283 g/mol. The zero-order valence-electron chi connectivity index (χ0n) is 12.3. The molecule has 1 aliphatic rings. The zero-order valence-corrected chi connectivity index (χ0v) is 12.3. The molecule has 2 aromatic rings. The Morgan fingerprint density at radius 3 is 2.67 bits per heavy atom. The van der Waals surface area contributed by atoms with Crippen LogP contribution in [0.3, 0.4) is 0 Å². The van der Waals surface area contributed by atoms with Crippen LogP contribution in [0.25, 0.3) is 11.3 Å². The predicted molar refractivity (Wildman–Crippen MR) is 85.3 cm³/mol. The van der Waals surface area contributed by atoms with E-state index in [1.807, 2.05) is 31.4 Å². The average molecular weight is 283 g/mol. The Bertz CT molecular complexity index is 578. The van der Waals surface area contributed by atoms with E-state index in [1.165, 1.54) is 32.1 Å². The van der Waals surface area contributed by atoms with Gasteiger partial charge in [0.15, 0.2) is 0 Å². The van der Waals surface area contributed by atoms with Crippen LogP contribution >= 0.6 is 0 Å². The molecular formula is C16H21N5. The first-order valence-corrected chi connectivity index (χ1v) is 7.59. The van der Waals surface area contributed by atoms with E-state index in [1.54, 1.807) is 6.20 Å². The fraction of sp³-hybridized carbons (Fsp3) is 0.438. The Morgan fingerprint density at radius 1 is 1.10 bits per heavy atom. The van der Waals surface area contributed by atoms with Crippen LogP contribution in [0.15, 0.2) is 30.6 Å². The molecule has 0 atom stereocenters. The topological polar surface area (TPSA) is 62.7 Å². The Hall–Kier alpha value is -2.17. The summed E-state index contributed by atoms with van der Waals surface area (Å²) >= 11 is 0. The average Bonchev–Trinajstić information content (AvgIpc) is 2.56. The molecule has 1 saturated carbocycles. The van der Waals surface area contributed by atoms with Gasteiger partial charge in [-0.25, -0.2) is 4.98 Å². The van der Waals surface area contributed by atoms with Gasteiger partial charge in [-0.1, -0.05) is 25.3 Å². The smallest absolute Gasteiger partial charge is 0.224 e. The van der Waals surface area contributed by atoms with E-state index in [0.717, 1.165) is 17.1 Å². The normalized spacial score (nSPS) is 15.7. The summed E-state index contributed by atoms with van der Waals surface area (Å²) in [5, 5.41) is 6.59. The second-order valence-corrected chi connectivity index (χ2v) is 5.40. The third-order valence-electron chi connectivity index (χ3n) is 3.90. The Labute approximate surface area is 125 Å². The summed E-state index contributed by atoms with van der Waals surface area (Å²) in [6.45, 7) is 0. The maximum Gasteiger partial charge on any atom is 0.224 e. The minimum Gasteiger partial charge on any atom is -0.367 e. The van der Waals surface area contributed by atoms with E-state index in [9.17, 15) is 0 Å². The van der Waals surface area contributed by atoms with Gasteiger partial charge in [0.2, 0.25) is 5.95 Å². The lowest BCUT2D eigenvalue weighted by Crippen LogP contribution is -2.23. The molecule has 0 unspecified atom stereocenters. The van der Waals surface area contributed by atoms with Gasteiger partial charge in [0.05, 0.1) is 11.3 Å². The number of hydrogen-bond donors (Lipinski definition) is 2. The molecular weight excluding hydrogens is 262 g/mol. The largest absolute Gasteiger partial charge is 0.367 e. The van der Waals surface area contributed by atoms with Crippen molar-refractivity contribution in [1.82, 2.24) is 15.0 Å². The number of rotatable bonds is 4. The standard InChI is InChI=1S/C16H21N5/c1-17-16-19-11-13(14-9-5-6-10-18-14)15(21-16)20-12-7-3-2-4-8-12/h5-6,9-12H,2-4,7-8H2,1H3,(H2,17,19,20,21). The number of nitrogens with one attached hydrogen (secondary N) is 2. The van der Waals surface area contributed by atoms with Gasteiger partial charge in [0.25, 0.3) is 0 Å². The van der Waals surface area contributed by atoms with Crippen LogP contribution in [-0.4, -0.2) is 28.0 Å². The highest BCUT2D eigenvalue weighted by Gasteiger charge is 2.17. The van der Waals surface area contributed by atoms with Crippen LogP contribution in [0.1, 0.15) is 32.1 Å². The minimum absolute atomic E-state index is 0.501. The van der Waals surface area contributed by atoms with Crippen molar-refractivity contribution in [2.24, 2.45) is 0 Å². The summed E-state index contributed by atoms with van der Waals surface area (Å²) in [6, 6.07) is 6.39. The molecule has 0 bridgehead atoms. The highest BCUT2D eigenvalue weighted by molar-refractivity contribution is 5.72. The summed E-state index contributed by atoms with van der Waals surface area (Å²) in [5.41, 5.74) is 1.86. The molecule has 3 rings (SSSR count). The molecule has 5 heteroatoms. The fourth-order valence-electron chi connectivity index (χ4n) is 2.76. The molecule has 0 amide bonds. The second kappa shape index (κ2) is 6.52. The number of aromatic nitrogens is 3. The minimum atomic E-state index is 0.501. The van der Waals surface area contributed by atoms with Crippen molar-refractivity contribution in [2.45, 2.75) is 38.1 Å². The van der Waals surface area contributed by atoms with Crippen molar-refractivity contribution in [2.75, 3.05) is 17.7 Å². The van der Waals surface area contributed by atoms with Crippen LogP contribution in [-0.2, 0) is 0 Å². The Kier molecular flexibility index (Phi) is 4.28. The molecule has 2 aromatic heterocycles. The van der Waals surface area contributed by atoms with Gasteiger partial charge in [-0.3, -0.25) is 4.98 Å². The van der Waals surface area contributed by atoms with E-state index < -0.39 is 0 Å². The van der Waals surface area contributed by atoms with Gasteiger partial charge in [-0.2, -0.15) is 4.98 Å². The van der Waals surface area contributed by atoms with Crippen LogP contribution in [0, 0.1) is 0 Å². The van der Waals surface area contributed by atoms with Crippen molar-refractivity contribution < 1.29 is 0 Å². The van der Waals surface area contributed by atoms with Crippen LogP contribution in [0.4, 0.5) is 11.8 Å². The van der Waals surface area contributed by atoms with Gasteiger partial charge in [-0.15, -0.1) is 0 Å². The number of pyridine rings is 1. The maximum absolute atomic E-state index is 4.59. The van der Waals surface area contributed by atoms with Crippen molar-refractivity contribution in [3.8, 4) is 11.3 Å². The highest BCUT2D eigenvalue weighted by Crippen LogP contribution is 2.28. The lowest BCUT2D eigenvalue weighted by atomic mass is 9.95. The van der Waals surface area contributed by atoms with Crippen molar-refractivity contribution >= 4 is 11.8 Å². The summed E-state index contributed by atoms with van der Waals surface area (Å²) in [4.78, 5) is 13.3. The molecule has 2 N–H and O–H groups in total. The van der Waals surface area contributed by atoms with E-state index in [-0.39, 0.29) is 0 Å². The molecule has 0 aliphatic heterocycles. The van der Waals surface area contributed by atoms with E-state index >= 15 is 0 Å². The quantitative estimate of drug-likeness (QED) is 0.901. The highest BCUT2D eigenvalue weighted by atomic mass is 15.1. The van der Waals surface area contributed by atoms with Crippen LogP contribution in [0.5, 0.6) is 0 Å². The van der Waals surface area contributed by atoms with E-state index in [2.05, 4.69) is 25.6 Å². The van der Waals surface area contributed by atoms with Crippen molar-refractivity contribution in [3.05, 3.63) is 30.6 Å². The first-order valence-electron chi connectivity index (χ1n) is 7.59. The number of anilines is 2. The number of hydrogen-bond acceptors (Lipinski definition) is 5. The van der Waals surface area contributed by atoms with Crippen LogP contribution in [0.2, 0.25) is 0 Å². The summed E-state index contributed by atoms with van der Waals surface area (Å²) in [7, 11) is 1.83. The fourth-order valence-corrected chi connectivity index (χ4v) is 2.76. The van der Waals surface area contributed by atoms with Gasteiger partial charge in [0.1, 0.15) is 5.82 Å². The van der Waals surface area contributed by atoms with Gasteiger partial charge >= 0.3 is 0 Å². The van der Waals surface area contributed by atoms with Crippen LogP contribution < -0.4 is 10.6 Å². The molecule has 1 aliphatic carbocycles. The molecule has 0 spiro atoms. The molecule has 0 aromatic carbocycles. The molecule has 21 heavy (non-hydrogen) atoms. The molecule has 0 saturated heterocycles. The lowest BCUT2D eigenvalue weighted by molar-refractivity contribution is 0.462. The maximum atomic E-state index is 4.59. The van der Waals surface area contributed by atoms with Gasteiger partial charge < -0.3 is 10.6 Å². The molecule has 2 heterocycles. The summed E-state index contributed by atoms with van der Waals surface area (Å²) < 4.78 is 0. The molecule has 5 nitrogen and oxygen atoms in total. The van der Waals surface area contributed by atoms with Crippen molar-refractivity contribution in [1.29, 1.82) is 0 Å². The zero-order chi connectivity index (χ0) is 14.5. The van der Waals surface area contributed by atoms with E-state index in [0.29, 0.717) is 12.0 Å². The van der Waals surface area contributed by atoms with Gasteiger partial charge in [-0.05, 0) is 25.0 Å². The second-order valence-electron chi connectivity index (χ2n) is 5.40. The van der Waals surface area contributed by atoms with Crippen molar-refractivity contribution in [3.63, 3.8) is 0 Å². The Balaban J connectivity index is 1.91. The molecule has 0 radical (unpaired) electrons. The Morgan fingerprint density at radius 2 is 1.95 bits per heavy atom. The van der Waals surface area contributed by atoms with E-state index in [4.69, 9.17) is 0 Å². The van der Waals surface area contributed by atoms with Gasteiger partial charge in [0, 0.05) is 25.5 Å². The predicted octanol–water partition coefficient (Wildman–Crippen LogP) is 3.32. The first-order chi connectivity index (χ1) is 10.4. The molecule has 1 fully saturated rings. The SMILES string of the molecule is CNc1ncc(-c2ccccn2)c(NC2CCCCC2)n1. The number of nitrogens with zero attached hydrogens (tertiary/aromatic N) is 3. The molecule has 110 valence electrons. The third-order valence-corrected chi connectivity index (χ3v) is 3.90. The summed E-state index contributed by atoms with van der Waals surface area (Å²) in [6.07, 6.45) is 9.98. The first kappa shape index (κ1) is 13.8.